The lowest BCUT2D eigenvalue weighted by Gasteiger charge is -2.01. The van der Waals surface area contributed by atoms with Crippen LogP contribution in [0.2, 0.25) is 0 Å². The van der Waals surface area contributed by atoms with Gasteiger partial charge in [0.1, 0.15) is 24.8 Å². The summed E-state index contributed by atoms with van der Waals surface area (Å²) in [5.74, 6) is 5.69. The molecule has 14 nitrogen and oxygen atoms in total. The first kappa shape index (κ1) is 71.0. The lowest BCUT2D eigenvalue weighted by Crippen LogP contribution is -1.93. The van der Waals surface area contributed by atoms with Crippen molar-refractivity contribution < 1.29 is 0 Å². The molecule has 0 aromatic carbocycles. The van der Waals surface area contributed by atoms with Gasteiger partial charge in [-0.25, -0.2) is 39.9 Å². The molecule has 0 spiro atoms. The zero-order chi connectivity index (χ0) is 60.2. The van der Waals surface area contributed by atoms with Crippen LogP contribution in [0.25, 0.3) is 0 Å². The fourth-order valence-electron chi connectivity index (χ4n) is 6.01. The maximum absolute atomic E-state index is 4.18. The van der Waals surface area contributed by atoms with Gasteiger partial charge in [-0.3, -0.25) is 29.9 Å². The minimum absolute atomic E-state index is 0.436. The van der Waals surface area contributed by atoms with Gasteiger partial charge in [-0.2, -0.15) is 0 Å². The molecule has 14 heteroatoms. The molecule has 0 saturated heterocycles. The molecule has 0 fully saturated rings. The van der Waals surface area contributed by atoms with Crippen molar-refractivity contribution in [3.05, 3.63) is 242 Å². The largest absolute Gasteiger partial charge is 0.265 e. The monoisotopic (exact) mass is 1090 g/mol. The molecule has 81 heavy (non-hydrogen) atoms. The fourth-order valence-corrected chi connectivity index (χ4v) is 6.01. The Hall–Kier alpha value is -8.00. The van der Waals surface area contributed by atoms with E-state index in [1.165, 1.54) is 16.7 Å². The summed E-state index contributed by atoms with van der Waals surface area (Å²) in [6.45, 7) is 38.3. The summed E-state index contributed by atoms with van der Waals surface area (Å²) < 4.78 is 0. The minimum atomic E-state index is 0.436. The fraction of sp³-hybridized carbons (Fsp3) is 0.403. The Morgan fingerprint density at radius 3 is 0.877 bits per heavy atom. The van der Waals surface area contributed by atoms with Gasteiger partial charge in [-0.15, -0.1) is 0 Å². The van der Waals surface area contributed by atoms with Crippen LogP contribution in [0.1, 0.15) is 229 Å². The number of aromatic nitrogens is 14. The zero-order valence-electron chi connectivity index (χ0n) is 51.9. The lowest BCUT2D eigenvalue weighted by molar-refractivity contribution is 0.774. The van der Waals surface area contributed by atoms with Crippen LogP contribution < -0.4 is 0 Å². The molecule has 0 amide bonds. The van der Waals surface area contributed by atoms with Gasteiger partial charge in [-0.1, -0.05) is 143 Å². The number of nitrogens with zero attached hydrogens (tertiary/aromatic N) is 14. The summed E-state index contributed by atoms with van der Waals surface area (Å²) in [6.07, 6.45) is 31.7. The highest BCUT2D eigenvalue weighted by Crippen LogP contribution is 2.14. The third-order valence-corrected chi connectivity index (χ3v) is 11.2. The molecule has 0 aliphatic heterocycles. The molecule has 0 radical (unpaired) electrons. The molecule has 0 unspecified atom stereocenters. The van der Waals surface area contributed by atoms with E-state index in [0.717, 1.165) is 34.3 Å². The van der Waals surface area contributed by atoms with Crippen molar-refractivity contribution in [2.75, 3.05) is 0 Å². The van der Waals surface area contributed by atoms with Crippen LogP contribution >= 0.6 is 0 Å². The van der Waals surface area contributed by atoms with Crippen LogP contribution in [0.15, 0.2) is 191 Å². The van der Waals surface area contributed by atoms with Gasteiger partial charge in [0, 0.05) is 122 Å². The smallest absolute Gasteiger partial charge is 0.130 e. The SMILES string of the molecule is CC(C)c1ccccn1.CC(C)c1ccccn1.CC(C)c1cccnc1.CC(C)c1ccncc1.CC(C)c1ccncn1.CC(C)c1ccncn1.CC(C)c1cnccn1.CC(C)c1cncnc1.CC(C)c1ncccn1. The lowest BCUT2D eigenvalue weighted by atomic mass is 10.1. The molecule has 0 bridgehead atoms. The Morgan fingerprint density at radius 2 is 0.617 bits per heavy atom. The molecule has 0 aliphatic rings. The number of hydrogen-bond acceptors (Lipinski definition) is 14. The normalized spacial score (nSPS) is 10.1. The first-order chi connectivity index (χ1) is 38.7. The van der Waals surface area contributed by atoms with E-state index in [9.17, 15) is 0 Å². The van der Waals surface area contributed by atoms with Crippen molar-refractivity contribution in [2.45, 2.75) is 178 Å². The molecule has 432 valence electrons. The van der Waals surface area contributed by atoms with Gasteiger partial charge >= 0.3 is 0 Å². The minimum Gasteiger partial charge on any atom is -0.265 e. The summed E-state index contributed by atoms with van der Waals surface area (Å²) in [4.78, 5) is 56.0. The molecule has 9 aromatic heterocycles. The Balaban J connectivity index is 0.000000456. The Kier molecular flexibility index (Phi) is 38.4. The van der Waals surface area contributed by atoms with Gasteiger partial charge in [0.05, 0.1) is 5.69 Å². The van der Waals surface area contributed by atoms with E-state index in [1.54, 1.807) is 68.6 Å². The van der Waals surface area contributed by atoms with Gasteiger partial charge < -0.3 is 0 Å². The molecule has 9 heterocycles. The van der Waals surface area contributed by atoms with E-state index >= 15 is 0 Å². The predicted octanol–water partition coefficient (Wildman–Crippen LogP) is 16.8. The van der Waals surface area contributed by atoms with E-state index in [2.05, 4.69) is 200 Å². The molecule has 0 saturated carbocycles. The summed E-state index contributed by atoms with van der Waals surface area (Å²) in [6, 6.07) is 25.8. The summed E-state index contributed by atoms with van der Waals surface area (Å²) in [5, 5.41) is 0. The molecule has 9 rings (SSSR count). The summed E-state index contributed by atoms with van der Waals surface area (Å²) >= 11 is 0. The Morgan fingerprint density at radius 1 is 0.210 bits per heavy atom. The highest BCUT2D eigenvalue weighted by molar-refractivity contribution is 5.14. The topological polar surface area (TPSA) is 180 Å². The van der Waals surface area contributed by atoms with Crippen LogP contribution in [0.3, 0.4) is 0 Å². The summed E-state index contributed by atoms with van der Waals surface area (Å²) in [5.41, 5.74) is 9.43. The van der Waals surface area contributed by atoms with E-state index in [0.29, 0.717) is 53.3 Å². The maximum Gasteiger partial charge on any atom is 0.130 e. The second kappa shape index (κ2) is 43.8. The van der Waals surface area contributed by atoms with E-state index in [-0.39, 0.29) is 0 Å². The third kappa shape index (κ3) is 35.3. The van der Waals surface area contributed by atoms with Gasteiger partial charge in [-0.05, 0) is 125 Å². The van der Waals surface area contributed by atoms with Gasteiger partial charge in [0.15, 0.2) is 0 Å². The van der Waals surface area contributed by atoms with Crippen molar-refractivity contribution >= 4 is 0 Å². The highest BCUT2D eigenvalue weighted by Gasteiger charge is 2.01. The highest BCUT2D eigenvalue weighted by atomic mass is 14.9. The molecule has 0 aliphatic carbocycles. The summed E-state index contributed by atoms with van der Waals surface area (Å²) in [7, 11) is 0. The van der Waals surface area contributed by atoms with Crippen molar-refractivity contribution in [1.82, 2.24) is 69.8 Å². The van der Waals surface area contributed by atoms with Crippen LogP contribution in [0.4, 0.5) is 0 Å². The molecular weight excluding hydrogens is 1000 g/mol. The molecule has 0 N–H and O–H groups in total. The van der Waals surface area contributed by atoms with E-state index < -0.39 is 0 Å². The molecular formula is C67H94N14. The average molecular weight is 1100 g/mol. The van der Waals surface area contributed by atoms with Crippen LogP contribution in [-0.4, -0.2) is 69.8 Å². The number of pyridine rings is 4. The van der Waals surface area contributed by atoms with Gasteiger partial charge in [0.2, 0.25) is 0 Å². The first-order valence-corrected chi connectivity index (χ1v) is 28.2. The Bertz CT molecular complexity index is 2140. The van der Waals surface area contributed by atoms with Crippen LogP contribution in [0, 0.1) is 0 Å². The predicted molar refractivity (Wildman–Crippen MR) is 334 cm³/mol. The van der Waals surface area contributed by atoms with Crippen molar-refractivity contribution in [3.63, 3.8) is 0 Å². The van der Waals surface area contributed by atoms with Crippen molar-refractivity contribution in [1.29, 1.82) is 0 Å². The number of rotatable bonds is 9. The Labute approximate surface area is 487 Å². The van der Waals surface area contributed by atoms with Crippen molar-refractivity contribution in [2.24, 2.45) is 0 Å². The molecule has 9 aromatic rings. The van der Waals surface area contributed by atoms with Crippen LogP contribution in [-0.2, 0) is 0 Å². The first-order valence-electron chi connectivity index (χ1n) is 28.2. The zero-order valence-corrected chi connectivity index (χ0v) is 51.9. The standard InChI is InChI=1S/4C8H11N.5C7H10N2/c1-7(2)8-3-5-9-6-4-8;1-7(2)8-4-3-5-9-6-8;2*1-7(2)8-5-3-4-6-9-8;1-6(2)7-3-8-5-9-4-7;1-6(2)7-5-8-3-4-9-7;2*1-6(2)7-3-4-8-5-9-7;1-6(2)7-8-4-3-5-9-7/h4*3-7H,1-2H3;5*3-6H,1-2H3. The van der Waals surface area contributed by atoms with Crippen LogP contribution in [0.5, 0.6) is 0 Å². The maximum atomic E-state index is 4.18. The molecule has 0 atom stereocenters. The number of hydrogen-bond donors (Lipinski definition) is 0. The third-order valence-electron chi connectivity index (χ3n) is 11.2. The van der Waals surface area contributed by atoms with E-state index in [4.69, 9.17) is 0 Å². The quantitative estimate of drug-likeness (QED) is 0.133. The second-order valence-electron chi connectivity index (χ2n) is 21.1. The van der Waals surface area contributed by atoms with E-state index in [1.807, 2.05) is 116 Å². The second-order valence-corrected chi connectivity index (χ2v) is 21.1. The van der Waals surface area contributed by atoms with Gasteiger partial charge in [0.25, 0.3) is 0 Å². The average Bonchev–Trinajstić information content (AvgIpc) is 3.50. The van der Waals surface area contributed by atoms with Crippen molar-refractivity contribution in [3.8, 4) is 0 Å².